The average Bonchev–Trinajstić information content (AvgIpc) is 3.00. The Bertz CT molecular complexity index is 706. The van der Waals surface area contributed by atoms with Gasteiger partial charge >= 0.3 is 6.18 Å². The zero-order valence-corrected chi connectivity index (χ0v) is 14.0. The molecule has 0 spiro atoms. The summed E-state index contributed by atoms with van der Waals surface area (Å²) in [6.45, 7) is 1.98. The topological polar surface area (TPSA) is 63.1 Å². The molecule has 1 aromatic rings. The Morgan fingerprint density at radius 3 is 2.44 bits per heavy atom. The molecular formula is C17H20F3N5. The van der Waals surface area contributed by atoms with Gasteiger partial charge < -0.3 is 10.7 Å². The SMILES string of the molecule is C[C@H]1C[C@@](C#N)(c2ccc(C(F)(F)F)cc2)CC(C2=CN(C)NN2)N1. The lowest BCUT2D eigenvalue weighted by atomic mass is 9.69. The maximum absolute atomic E-state index is 12.8. The minimum absolute atomic E-state index is 0.0503. The third kappa shape index (κ3) is 3.43. The molecule has 25 heavy (non-hydrogen) atoms. The first-order chi connectivity index (χ1) is 11.7. The molecule has 1 fully saturated rings. The monoisotopic (exact) mass is 351 g/mol. The van der Waals surface area contributed by atoms with Crippen molar-refractivity contribution in [1.82, 2.24) is 21.3 Å². The van der Waals surface area contributed by atoms with E-state index in [9.17, 15) is 18.4 Å². The quantitative estimate of drug-likeness (QED) is 0.764. The van der Waals surface area contributed by atoms with Gasteiger partial charge in [-0.3, -0.25) is 5.01 Å². The molecule has 1 unspecified atom stereocenters. The Hall–Kier alpha value is -2.24. The van der Waals surface area contributed by atoms with Gasteiger partial charge in [0.25, 0.3) is 0 Å². The lowest BCUT2D eigenvalue weighted by molar-refractivity contribution is -0.137. The molecule has 5 nitrogen and oxygen atoms in total. The fraction of sp³-hybridized carbons (Fsp3) is 0.471. The number of halogens is 3. The van der Waals surface area contributed by atoms with Crippen LogP contribution in [0.3, 0.4) is 0 Å². The highest BCUT2D eigenvalue weighted by molar-refractivity contribution is 5.38. The summed E-state index contributed by atoms with van der Waals surface area (Å²) in [5, 5.41) is 15.1. The van der Waals surface area contributed by atoms with E-state index >= 15 is 0 Å². The van der Waals surface area contributed by atoms with Crippen molar-refractivity contribution < 1.29 is 13.2 Å². The maximum Gasteiger partial charge on any atom is 0.416 e. The zero-order chi connectivity index (χ0) is 18.2. The number of alkyl halides is 3. The lowest BCUT2D eigenvalue weighted by Crippen LogP contribution is -2.53. The molecule has 1 saturated heterocycles. The standard InChI is InChI=1S/C17H20F3N5/c1-11-7-16(10-21,8-14(22-11)15-9-25(2)24-23-15)12-3-5-13(6-4-12)17(18,19)20/h3-6,9,11,14,22-24H,7-8H2,1-2H3/t11-,14?,16+/m0/s1. The van der Waals surface area contributed by atoms with Crippen LogP contribution in [0.25, 0.3) is 0 Å². The van der Waals surface area contributed by atoms with E-state index < -0.39 is 17.2 Å². The van der Waals surface area contributed by atoms with E-state index in [0.717, 1.165) is 17.8 Å². The zero-order valence-electron chi connectivity index (χ0n) is 14.0. The largest absolute Gasteiger partial charge is 0.416 e. The second kappa shape index (κ2) is 6.24. The Kier molecular flexibility index (Phi) is 4.39. The van der Waals surface area contributed by atoms with Crippen LogP contribution in [0.1, 0.15) is 30.9 Å². The first-order valence-corrected chi connectivity index (χ1v) is 8.05. The van der Waals surface area contributed by atoms with E-state index in [-0.39, 0.29) is 12.1 Å². The highest BCUT2D eigenvalue weighted by Gasteiger charge is 2.43. The first kappa shape index (κ1) is 17.6. The van der Waals surface area contributed by atoms with Crippen LogP contribution in [-0.2, 0) is 11.6 Å². The van der Waals surface area contributed by atoms with Crippen LogP contribution in [0.15, 0.2) is 36.2 Å². The molecule has 0 aromatic heterocycles. The fourth-order valence-corrected chi connectivity index (χ4v) is 3.59. The van der Waals surface area contributed by atoms with Crippen LogP contribution in [0.2, 0.25) is 0 Å². The van der Waals surface area contributed by atoms with Crippen LogP contribution < -0.4 is 16.3 Å². The van der Waals surface area contributed by atoms with Gasteiger partial charge in [0.05, 0.1) is 28.8 Å². The number of hydrazine groups is 2. The highest BCUT2D eigenvalue weighted by atomic mass is 19.4. The molecule has 3 N–H and O–H groups in total. The van der Waals surface area contributed by atoms with Crippen LogP contribution in [-0.4, -0.2) is 24.1 Å². The molecule has 2 aliphatic heterocycles. The Balaban J connectivity index is 1.91. The molecule has 134 valence electrons. The normalized spacial score (nSPS) is 29.8. The summed E-state index contributed by atoms with van der Waals surface area (Å²) >= 11 is 0. The van der Waals surface area contributed by atoms with E-state index in [1.807, 2.05) is 20.2 Å². The number of rotatable bonds is 2. The lowest BCUT2D eigenvalue weighted by Gasteiger charge is -2.40. The van der Waals surface area contributed by atoms with Gasteiger partial charge in [0.15, 0.2) is 0 Å². The molecule has 8 heteroatoms. The molecule has 0 amide bonds. The molecule has 3 atom stereocenters. The minimum Gasteiger partial charge on any atom is -0.306 e. The molecule has 2 heterocycles. The van der Waals surface area contributed by atoms with Crippen molar-refractivity contribution >= 4 is 0 Å². The summed E-state index contributed by atoms with van der Waals surface area (Å²) in [5.41, 5.74) is 5.99. The molecule has 0 saturated carbocycles. The Labute approximate surface area is 144 Å². The highest BCUT2D eigenvalue weighted by Crippen LogP contribution is 2.39. The fourth-order valence-electron chi connectivity index (χ4n) is 3.59. The number of hydrogen-bond donors (Lipinski definition) is 3. The van der Waals surface area contributed by atoms with E-state index in [2.05, 4.69) is 22.3 Å². The number of hydrogen-bond acceptors (Lipinski definition) is 5. The van der Waals surface area contributed by atoms with Gasteiger partial charge in [-0.15, -0.1) is 5.53 Å². The van der Waals surface area contributed by atoms with Gasteiger partial charge in [0.2, 0.25) is 0 Å². The third-order valence-corrected chi connectivity index (χ3v) is 4.76. The van der Waals surface area contributed by atoms with Crippen LogP contribution >= 0.6 is 0 Å². The molecule has 0 radical (unpaired) electrons. The van der Waals surface area contributed by atoms with E-state index in [1.54, 1.807) is 5.01 Å². The minimum atomic E-state index is -4.38. The van der Waals surface area contributed by atoms with E-state index in [0.29, 0.717) is 18.4 Å². The Morgan fingerprint density at radius 1 is 1.24 bits per heavy atom. The molecule has 3 rings (SSSR count). The molecule has 0 aliphatic carbocycles. The van der Waals surface area contributed by atoms with Gasteiger partial charge in [0, 0.05) is 19.3 Å². The second-order valence-electron chi connectivity index (χ2n) is 6.73. The second-order valence-corrected chi connectivity index (χ2v) is 6.73. The molecular weight excluding hydrogens is 331 g/mol. The summed E-state index contributed by atoms with van der Waals surface area (Å²) < 4.78 is 38.4. The van der Waals surface area contributed by atoms with Crippen molar-refractivity contribution in [2.75, 3.05) is 7.05 Å². The summed E-state index contributed by atoms with van der Waals surface area (Å²) in [5.74, 6) is 0. The van der Waals surface area contributed by atoms with Gasteiger partial charge in [-0.05, 0) is 37.5 Å². The predicted octanol–water partition coefficient (Wildman–Crippen LogP) is 2.40. The van der Waals surface area contributed by atoms with E-state index in [4.69, 9.17) is 0 Å². The third-order valence-electron chi connectivity index (χ3n) is 4.76. The summed E-state index contributed by atoms with van der Waals surface area (Å²) in [7, 11) is 1.85. The van der Waals surface area contributed by atoms with Crippen molar-refractivity contribution in [2.24, 2.45) is 0 Å². The summed E-state index contributed by atoms with van der Waals surface area (Å²) in [6, 6.07) is 7.31. The van der Waals surface area contributed by atoms with Crippen molar-refractivity contribution in [2.45, 2.75) is 43.4 Å². The molecule has 1 aromatic carbocycles. The number of piperidine rings is 1. The Morgan fingerprint density at radius 2 is 1.92 bits per heavy atom. The van der Waals surface area contributed by atoms with Gasteiger partial charge in [-0.2, -0.15) is 18.4 Å². The molecule has 2 aliphatic rings. The van der Waals surface area contributed by atoms with Gasteiger partial charge in [0.1, 0.15) is 0 Å². The predicted molar refractivity (Wildman–Crippen MR) is 86.5 cm³/mol. The van der Waals surface area contributed by atoms with Crippen LogP contribution in [0.4, 0.5) is 13.2 Å². The van der Waals surface area contributed by atoms with Crippen molar-refractivity contribution in [1.29, 1.82) is 5.26 Å². The summed E-state index contributed by atoms with van der Waals surface area (Å²) in [4.78, 5) is 0. The van der Waals surface area contributed by atoms with Crippen LogP contribution in [0, 0.1) is 11.3 Å². The first-order valence-electron chi connectivity index (χ1n) is 8.05. The van der Waals surface area contributed by atoms with Crippen LogP contribution in [0.5, 0.6) is 0 Å². The van der Waals surface area contributed by atoms with Crippen molar-refractivity contribution in [3.63, 3.8) is 0 Å². The number of benzene rings is 1. The van der Waals surface area contributed by atoms with Gasteiger partial charge in [-0.1, -0.05) is 12.1 Å². The van der Waals surface area contributed by atoms with Gasteiger partial charge in [-0.25, -0.2) is 0 Å². The number of nitriles is 1. The molecule has 0 bridgehead atoms. The number of nitrogens with zero attached hydrogens (tertiary/aromatic N) is 2. The maximum atomic E-state index is 12.8. The smallest absolute Gasteiger partial charge is 0.306 e. The van der Waals surface area contributed by atoms with E-state index in [1.165, 1.54) is 12.1 Å². The van der Waals surface area contributed by atoms with Crippen molar-refractivity contribution in [3.8, 4) is 6.07 Å². The average molecular weight is 351 g/mol. The summed E-state index contributed by atoms with van der Waals surface area (Å²) in [6.07, 6.45) is -1.46. The van der Waals surface area contributed by atoms with Crippen molar-refractivity contribution in [3.05, 3.63) is 47.3 Å². The number of nitrogens with one attached hydrogen (secondary N) is 3.